The first-order chi connectivity index (χ1) is 6.93. The SMILES string of the molecule is CCCNCCCNc1ccccc1. The lowest BCUT2D eigenvalue weighted by atomic mass is 10.3. The van der Waals surface area contributed by atoms with Crippen molar-refractivity contribution in [3.8, 4) is 0 Å². The molecule has 0 saturated heterocycles. The number of benzene rings is 1. The molecule has 0 aliphatic heterocycles. The second-order valence-electron chi connectivity index (χ2n) is 3.40. The lowest BCUT2D eigenvalue weighted by molar-refractivity contribution is 0.652. The van der Waals surface area contributed by atoms with Gasteiger partial charge in [-0.05, 0) is 38.1 Å². The smallest absolute Gasteiger partial charge is 0.0340 e. The molecule has 0 aromatic heterocycles. The number of para-hydroxylation sites is 1. The minimum Gasteiger partial charge on any atom is -0.385 e. The summed E-state index contributed by atoms with van der Waals surface area (Å²) >= 11 is 0. The Morgan fingerprint density at radius 3 is 2.50 bits per heavy atom. The molecule has 0 atom stereocenters. The molecule has 78 valence electrons. The number of hydrogen-bond donors (Lipinski definition) is 2. The molecule has 0 aliphatic rings. The van der Waals surface area contributed by atoms with Gasteiger partial charge in [-0.3, -0.25) is 0 Å². The van der Waals surface area contributed by atoms with Crippen LogP contribution >= 0.6 is 0 Å². The summed E-state index contributed by atoms with van der Waals surface area (Å²) < 4.78 is 0. The van der Waals surface area contributed by atoms with Gasteiger partial charge in [0.2, 0.25) is 0 Å². The predicted molar refractivity (Wildman–Crippen MR) is 62.7 cm³/mol. The zero-order valence-electron chi connectivity index (χ0n) is 8.92. The van der Waals surface area contributed by atoms with Crippen LogP contribution in [0.4, 0.5) is 5.69 Å². The first-order valence-electron chi connectivity index (χ1n) is 5.43. The lowest BCUT2D eigenvalue weighted by Gasteiger charge is -2.06. The van der Waals surface area contributed by atoms with Crippen molar-refractivity contribution in [3.05, 3.63) is 30.3 Å². The van der Waals surface area contributed by atoms with E-state index in [0.717, 1.165) is 19.6 Å². The normalized spacial score (nSPS) is 10.1. The zero-order chi connectivity index (χ0) is 10.1. The van der Waals surface area contributed by atoms with Crippen molar-refractivity contribution >= 4 is 5.69 Å². The van der Waals surface area contributed by atoms with Gasteiger partial charge in [0.15, 0.2) is 0 Å². The molecule has 0 heterocycles. The van der Waals surface area contributed by atoms with Gasteiger partial charge in [0.25, 0.3) is 0 Å². The summed E-state index contributed by atoms with van der Waals surface area (Å²) in [7, 11) is 0. The molecule has 1 aromatic carbocycles. The van der Waals surface area contributed by atoms with Crippen molar-refractivity contribution in [2.75, 3.05) is 25.0 Å². The van der Waals surface area contributed by atoms with Crippen LogP contribution in [-0.2, 0) is 0 Å². The van der Waals surface area contributed by atoms with Gasteiger partial charge < -0.3 is 10.6 Å². The summed E-state index contributed by atoms with van der Waals surface area (Å²) in [5, 5.41) is 6.76. The third kappa shape index (κ3) is 4.87. The van der Waals surface area contributed by atoms with E-state index in [9.17, 15) is 0 Å². The van der Waals surface area contributed by atoms with Crippen LogP contribution in [0.2, 0.25) is 0 Å². The van der Waals surface area contributed by atoms with Crippen molar-refractivity contribution in [3.63, 3.8) is 0 Å². The molecule has 0 unspecified atom stereocenters. The fourth-order valence-corrected chi connectivity index (χ4v) is 1.30. The molecule has 0 fully saturated rings. The van der Waals surface area contributed by atoms with E-state index in [-0.39, 0.29) is 0 Å². The molecular formula is C12H20N2. The van der Waals surface area contributed by atoms with Crippen molar-refractivity contribution in [2.24, 2.45) is 0 Å². The Kier molecular flexibility index (Phi) is 5.84. The Morgan fingerprint density at radius 1 is 1.00 bits per heavy atom. The molecule has 0 aliphatic carbocycles. The summed E-state index contributed by atoms with van der Waals surface area (Å²) in [6.45, 7) is 5.47. The van der Waals surface area contributed by atoms with E-state index in [1.807, 2.05) is 6.07 Å². The van der Waals surface area contributed by atoms with Gasteiger partial charge >= 0.3 is 0 Å². The van der Waals surface area contributed by atoms with Crippen molar-refractivity contribution < 1.29 is 0 Å². The molecule has 0 spiro atoms. The predicted octanol–water partition coefficient (Wildman–Crippen LogP) is 2.49. The Balaban J connectivity index is 1.99. The van der Waals surface area contributed by atoms with Gasteiger partial charge in [0.05, 0.1) is 0 Å². The highest BCUT2D eigenvalue weighted by Gasteiger charge is 1.89. The fourth-order valence-electron chi connectivity index (χ4n) is 1.30. The van der Waals surface area contributed by atoms with E-state index >= 15 is 0 Å². The molecule has 1 rings (SSSR count). The van der Waals surface area contributed by atoms with Crippen LogP contribution in [0, 0.1) is 0 Å². The number of hydrogen-bond acceptors (Lipinski definition) is 2. The largest absolute Gasteiger partial charge is 0.385 e. The molecule has 2 nitrogen and oxygen atoms in total. The van der Waals surface area contributed by atoms with E-state index in [1.165, 1.54) is 18.5 Å². The van der Waals surface area contributed by atoms with E-state index < -0.39 is 0 Å². The van der Waals surface area contributed by atoms with Crippen molar-refractivity contribution in [2.45, 2.75) is 19.8 Å². The Hall–Kier alpha value is -1.02. The molecule has 2 N–H and O–H groups in total. The van der Waals surface area contributed by atoms with Gasteiger partial charge in [0.1, 0.15) is 0 Å². The van der Waals surface area contributed by atoms with Crippen LogP contribution in [0.3, 0.4) is 0 Å². The summed E-state index contributed by atoms with van der Waals surface area (Å²) in [6, 6.07) is 10.3. The number of nitrogens with one attached hydrogen (secondary N) is 2. The monoisotopic (exact) mass is 192 g/mol. The standard InChI is InChI=1S/C12H20N2/c1-2-9-13-10-6-11-14-12-7-4-3-5-8-12/h3-5,7-8,13-14H,2,6,9-11H2,1H3. The third-order valence-corrected chi connectivity index (χ3v) is 2.06. The molecule has 0 amide bonds. The summed E-state index contributed by atoms with van der Waals surface area (Å²) in [5.41, 5.74) is 1.21. The summed E-state index contributed by atoms with van der Waals surface area (Å²) in [5.74, 6) is 0. The van der Waals surface area contributed by atoms with Crippen LogP contribution in [-0.4, -0.2) is 19.6 Å². The Bertz CT molecular complexity index is 221. The molecule has 2 heteroatoms. The average Bonchev–Trinajstić information content (AvgIpc) is 2.25. The highest BCUT2D eigenvalue weighted by molar-refractivity contribution is 5.42. The number of rotatable bonds is 7. The van der Waals surface area contributed by atoms with E-state index in [2.05, 4.69) is 41.8 Å². The van der Waals surface area contributed by atoms with Crippen LogP contribution in [0.15, 0.2) is 30.3 Å². The first-order valence-corrected chi connectivity index (χ1v) is 5.43. The molecule has 1 aromatic rings. The van der Waals surface area contributed by atoms with E-state index in [0.29, 0.717) is 0 Å². The van der Waals surface area contributed by atoms with Crippen LogP contribution in [0.25, 0.3) is 0 Å². The van der Waals surface area contributed by atoms with E-state index in [1.54, 1.807) is 0 Å². The van der Waals surface area contributed by atoms with Crippen LogP contribution in [0.1, 0.15) is 19.8 Å². The lowest BCUT2D eigenvalue weighted by Crippen LogP contribution is -2.18. The van der Waals surface area contributed by atoms with Crippen molar-refractivity contribution in [1.82, 2.24) is 5.32 Å². The van der Waals surface area contributed by atoms with Gasteiger partial charge in [-0.25, -0.2) is 0 Å². The summed E-state index contributed by atoms with van der Waals surface area (Å²) in [4.78, 5) is 0. The quantitative estimate of drug-likeness (QED) is 0.649. The molecule has 0 bridgehead atoms. The van der Waals surface area contributed by atoms with Gasteiger partial charge in [-0.1, -0.05) is 25.1 Å². The Morgan fingerprint density at radius 2 is 1.79 bits per heavy atom. The molecular weight excluding hydrogens is 172 g/mol. The minimum absolute atomic E-state index is 1.04. The first kappa shape index (κ1) is 11.1. The topological polar surface area (TPSA) is 24.1 Å². The molecule has 14 heavy (non-hydrogen) atoms. The summed E-state index contributed by atoms with van der Waals surface area (Å²) in [6.07, 6.45) is 2.39. The maximum absolute atomic E-state index is 3.38. The van der Waals surface area contributed by atoms with Crippen molar-refractivity contribution in [1.29, 1.82) is 0 Å². The average molecular weight is 192 g/mol. The number of anilines is 1. The molecule has 0 radical (unpaired) electrons. The van der Waals surface area contributed by atoms with Gasteiger partial charge in [-0.15, -0.1) is 0 Å². The van der Waals surface area contributed by atoms with Crippen LogP contribution in [0.5, 0.6) is 0 Å². The maximum atomic E-state index is 3.38. The second-order valence-corrected chi connectivity index (χ2v) is 3.40. The highest BCUT2D eigenvalue weighted by Crippen LogP contribution is 2.03. The van der Waals surface area contributed by atoms with Gasteiger partial charge in [-0.2, -0.15) is 0 Å². The minimum atomic E-state index is 1.04. The van der Waals surface area contributed by atoms with Gasteiger partial charge in [0, 0.05) is 12.2 Å². The third-order valence-electron chi connectivity index (χ3n) is 2.06. The highest BCUT2D eigenvalue weighted by atomic mass is 14.9. The molecule has 0 saturated carbocycles. The van der Waals surface area contributed by atoms with Crippen LogP contribution < -0.4 is 10.6 Å². The second kappa shape index (κ2) is 7.39. The maximum Gasteiger partial charge on any atom is 0.0340 e. The van der Waals surface area contributed by atoms with E-state index in [4.69, 9.17) is 0 Å². The zero-order valence-corrected chi connectivity index (χ0v) is 8.92. The fraction of sp³-hybridized carbons (Fsp3) is 0.500. The Labute approximate surface area is 86.7 Å².